The Morgan fingerprint density at radius 3 is 2.52 bits per heavy atom. The highest BCUT2D eigenvalue weighted by Gasteiger charge is 2.09. The number of hydrogen-bond donors (Lipinski definition) is 1. The number of nitrogens with one attached hydrogen (secondary N) is 1. The number of halogens is 1. The van der Waals surface area contributed by atoms with Gasteiger partial charge >= 0.3 is 0 Å². The van der Waals surface area contributed by atoms with Gasteiger partial charge < -0.3 is 10.1 Å². The summed E-state index contributed by atoms with van der Waals surface area (Å²) in [6, 6.07) is 19.3. The third kappa shape index (κ3) is 5.25. The minimum absolute atomic E-state index is 0.259. The lowest BCUT2D eigenvalue weighted by molar-refractivity contribution is 0.0945. The summed E-state index contributed by atoms with van der Waals surface area (Å²) >= 11 is 2.24. The molecule has 0 aliphatic carbocycles. The number of hydrogen-bond acceptors (Lipinski definition) is 4. The second kappa shape index (κ2) is 8.57. The molecular formula is C19H16IN3O2. The van der Waals surface area contributed by atoms with E-state index in [-0.39, 0.29) is 11.6 Å². The molecule has 3 rings (SSSR count). The molecular weight excluding hydrogens is 429 g/mol. The van der Waals surface area contributed by atoms with E-state index in [2.05, 4.69) is 37.9 Å². The van der Waals surface area contributed by atoms with Gasteiger partial charge in [0.1, 0.15) is 18.6 Å². The van der Waals surface area contributed by atoms with Crippen molar-refractivity contribution < 1.29 is 9.53 Å². The second-order valence-electron chi connectivity index (χ2n) is 5.32. The third-order valence-electron chi connectivity index (χ3n) is 3.47. The van der Waals surface area contributed by atoms with Gasteiger partial charge in [-0.25, -0.2) is 9.97 Å². The monoisotopic (exact) mass is 445 g/mol. The van der Waals surface area contributed by atoms with E-state index in [0.29, 0.717) is 19.0 Å². The van der Waals surface area contributed by atoms with Crippen LogP contribution in [0.2, 0.25) is 0 Å². The van der Waals surface area contributed by atoms with E-state index in [0.717, 1.165) is 14.7 Å². The van der Waals surface area contributed by atoms with Crippen LogP contribution >= 0.6 is 22.6 Å². The molecule has 1 heterocycles. The molecule has 3 aromatic rings. The molecule has 0 fully saturated rings. The highest BCUT2D eigenvalue weighted by atomic mass is 127. The molecule has 126 valence electrons. The number of aromatic nitrogens is 2. The lowest BCUT2D eigenvalue weighted by atomic mass is 10.2. The molecule has 0 unspecified atom stereocenters. The molecule has 0 saturated carbocycles. The summed E-state index contributed by atoms with van der Waals surface area (Å²) in [5.41, 5.74) is 2.35. The summed E-state index contributed by atoms with van der Waals surface area (Å²) in [5, 5.41) is 2.85. The van der Waals surface area contributed by atoms with Crippen molar-refractivity contribution in [2.24, 2.45) is 0 Å². The summed E-state index contributed by atoms with van der Waals surface area (Å²) in [6.07, 6.45) is 1.33. The molecule has 0 radical (unpaired) electrons. The van der Waals surface area contributed by atoms with Crippen LogP contribution < -0.4 is 10.1 Å². The van der Waals surface area contributed by atoms with Crippen molar-refractivity contribution in [1.29, 1.82) is 0 Å². The number of amides is 1. The predicted molar refractivity (Wildman–Crippen MR) is 103 cm³/mol. The summed E-state index contributed by atoms with van der Waals surface area (Å²) < 4.78 is 6.78. The van der Waals surface area contributed by atoms with Crippen LogP contribution in [0.15, 0.2) is 67.0 Å². The van der Waals surface area contributed by atoms with Crippen LogP contribution in [-0.4, -0.2) is 15.9 Å². The Kier molecular flexibility index (Phi) is 5.95. The first-order chi connectivity index (χ1) is 12.2. The fourth-order valence-corrected chi connectivity index (χ4v) is 2.51. The van der Waals surface area contributed by atoms with Gasteiger partial charge in [0.2, 0.25) is 5.88 Å². The molecule has 25 heavy (non-hydrogen) atoms. The second-order valence-corrected chi connectivity index (χ2v) is 6.57. The van der Waals surface area contributed by atoms with Crippen LogP contribution in [-0.2, 0) is 13.2 Å². The summed E-state index contributed by atoms with van der Waals surface area (Å²) in [4.78, 5) is 20.3. The fourth-order valence-electron chi connectivity index (χ4n) is 2.15. The standard InChI is InChI=1S/C19H16IN3O2/c20-16-8-6-14(7-9-16)11-21-19(24)17-10-18(23-13-22-17)25-12-15-4-2-1-3-5-15/h1-10,13H,11-12H2,(H,21,24). The van der Waals surface area contributed by atoms with Crippen molar-refractivity contribution in [3.8, 4) is 5.88 Å². The lowest BCUT2D eigenvalue weighted by Gasteiger charge is -2.07. The zero-order valence-corrected chi connectivity index (χ0v) is 15.5. The average molecular weight is 445 g/mol. The summed E-state index contributed by atoms with van der Waals surface area (Å²) in [5.74, 6) is 0.115. The normalized spacial score (nSPS) is 10.3. The quantitative estimate of drug-likeness (QED) is 0.590. The number of carbonyl (C=O) groups excluding carboxylic acids is 1. The Morgan fingerprint density at radius 2 is 1.76 bits per heavy atom. The molecule has 0 aliphatic heterocycles. The molecule has 5 nitrogen and oxygen atoms in total. The Hall–Kier alpha value is -2.48. The van der Waals surface area contributed by atoms with Crippen molar-refractivity contribution in [3.63, 3.8) is 0 Å². The number of benzene rings is 2. The molecule has 0 atom stereocenters. The highest BCUT2D eigenvalue weighted by Crippen LogP contribution is 2.11. The van der Waals surface area contributed by atoms with E-state index in [4.69, 9.17) is 4.74 Å². The van der Waals surface area contributed by atoms with Gasteiger partial charge in [-0.3, -0.25) is 4.79 Å². The number of rotatable bonds is 6. The van der Waals surface area contributed by atoms with Crippen LogP contribution in [0.25, 0.3) is 0 Å². The van der Waals surface area contributed by atoms with Crippen molar-refractivity contribution >= 4 is 28.5 Å². The van der Waals surface area contributed by atoms with Crippen molar-refractivity contribution in [1.82, 2.24) is 15.3 Å². The first-order valence-corrected chi connectivity index (χ1v) is 8.80. The van der Waals surface area contributed by atoms with Gasteiger partial charge in [0.15, 0.2) is 0 Å². The maximum atomic E-state index is 12.3. The van der Waals surface area contributed by atoms with E-state index in [1.54, 1.807) is 6.07 Å². The molecule has 6 heteroatoms. The van der Waals surface area contributed by atoms with E-state index in [1.165, 1.54) is 6.33 Å². The first kappa shape index (κ1) is 17.3. The minimum atomic E-state index is -0.259. The maximum absolute atomic E-state index is 12.3. The topological polar surface area (TPSA) is 64.1 Å². The Morgan fingerprint density at radius 1 is 1.00 bits per heavy atom. The van der Waals surface area contributed by atoms with Crippen LogP contribution in [0, 0.1) is 3.57 Å². The van der Waals surface area contributed by atoms with Crippen molar-refractivity contribution in [3.05, 3.63) is 87.4 Å². The van der Waals surface area contributed by atoms with E-state index >= 15 is 0 Å². The van der Waals surface area contributed by atoms with E-state index in [1.807, 2.05) is 54.6 Å². The Labute approximate surface area is 159 Å². The van der Waals surface area contributed by atoms with Gasteiger partial charge in [-0.05, 0) is 45.9 Å². The molecule has 2 aromatic carbocycles. The summed E-state index contributed by atoms with van der Waals surface area (Å²) in [6.45, 7) is 0.835. The number of carbonyl (C=O) groups is 1. The zero-order chi connectivity index (χ0) is 17.5. The van der Waals surface area contributed by atoms with Crippen LogP contribution in [0.1, 0.15) is 21.6 Å². The largest absolute Gasteiger partial charge is 0.473 e. The van der Waals surface area contributed by atoms with E-state index in [9.17, 15) is 4.79 Å². The van der Waals surface area contributed by atoms with Gasteiger partial charge in [0, 0.05) is 16.2 Å². The molecule has 1 N–H and O–H groups in total. The highest BCUT2D eigenvalue weighted by molar-refractivity contribution is 14.1. The Bertz CT molecular complexity index is 839. The Balaban J connectivity index is 1.58. The van der Waals surface area contributed by atoms with E-state index < -0.39 is 0 Å². The van der Waals surface area contributed by atoms with Gasteiger partial charge in [-0.1, -0.05) is 42.5 Å². The minimum Gasteiger partial charge on any atom is -0.473 e. The van der Waals surface area contributed by atoms with Crippen LogP contribution in [0.3, 0.4) is 0 Å². The predicted octanol–water partition coefficient (Wildman–Crippen LogP) is 3.59. The SMILES string of the molecule is O=C(NCc1ccc(I)cc1)c1cc(OCc2ccccc2)ncn1. The van der Waals surface area contributed by atoms with Crippen LogP contribution in [0.5, 0.6) is 5.88 Å². The molecule has 1 aromatic heterocycles. The van der Waals surface area contributed by atoms with Gasteiger partial charge in [0.05, 0.1) is 0 Å². The average Bonchev–Trinajstić information content (AvgIpc) is 2.67. The van der Waals surface area contributed by atoms with Gasteiger partial charge in [-0.2, -0.15) is 0 Å². The fraction of sp³-hybridized carbons (Fsp3) is 0.105. The number of nitrogens with zero attached hydrogens (tertiary/aromatic N) is 2. The van der Waals surface area contributed by atoms with Crippen molar-refractivity contribution in [2.45, 2.75) is 13.2 Å². The first-order valence-electron chi connectivity index (χ1n) is 7.72. The third-order valence-corrected chi connectivity index (χ3v) is 4.19. The van der Waals surface area contributed by atoms with Gasteiger partial charge in [0.25, 0.3) is 5.91 Å². The molecule has 1 amide bonds. The van der Waals surface area contributed by atoms with Crippen molar-refractivity contribution in [2.75, 3.05) is 0 Å². The zero-order valence-electron chi connectivity index (χ0n) is 13.4. The molecule has 0 saturated heterocycles. The smallest absolute Gasteiger partial charge is 0.270 e. The maximum Gasteiger partial charge on any atom is 0.270 e. The summed E-state index contributed by atoms with van der Waals surface area (Å²) in [7, 11) is 0. The lowest BCUT2D eigenvalue weighted by Crippen LogP contribution is -2.24. The number of ether oxygens (including phenoxy) is 1. The van der Waals surface area contributed by atoms with Gasteiger partial charge in [-0.15, -0.1) is 0 Å². The van der Waals surface area contributed by atoms with Crippen LogP contribution in [0.4, 0.5) is 0 Å². The molecule has 0 bridgehead atoms. The molecule has 0 spiro atoms. The molecule has 0 aliphatic rings.